The molecular formula is C69H73BN4. The molecule has 2 aromatic heterocycles. The smallest absolute Gasteiger partial charge is 0.247 e. The van der Waals surface area contributed by atoms with Crippen LogP contribution in [0.1, 0.15) is 137 Å². The first-order chi connectivity index (χ1) is 34.9. The van der Waals surface area contributed by atoms with E-state index in [1.54, 1.807) is 0 Å². The number of anilines is 3. The first kappa shape index (κ1) is 48.0. The average Bonchev–Trinajstić information content (AvgIpc) is 3.98. The van der Waals surface area contributed by atoms with E-state index >= 15 is 0 Å². The third kappa shape index (κ3) is 7.08. The number of fused-ring (bicyclic) bond motifs is 10. The molecule has 0 amide bonds. The number of nitrogens with zero attached hydrogens (tertiary/aromatic N) is 3. The molecule has 2 aliphatic heterocycles. The van der Waals surface area contributed by atoms with Crippen LogP contribution in [0.25, 0.3) is 50.9 Å². The zero-order valence-corrected chi connectivity index (χ0v) is 46.4. The number of rotatable bonds is 5. The monoisotopic (exact) mass is 969 g/mol. The molecule has 0 saturated carbocycles. The summed E-state index contributed by atoms with van der Waals surface area (Å²) in [4.78, 5) is 8.97. The lowest BCUT2D eigenvalue weighted by atomic mass is 9.31. The van der Waals surface area contributed by atoms with E-state index in [-0.39, 0.29) is 39.8 Å². The number of hydrogen-bond donors (Lipinski definition) is 1. The number of nitrogens with one attached hydrogen (secondary N) is 1. The van der Waals surface area contributed by atoms with Crippen LogP contribution in [0.4, 0.5) is 17.1 Å². The van der Waals surface area contributed by atoms with Gasteiger partial charge in [0.15, 0.2) is 0 Å². The fraction of sp³-hybridized carbons (Fsp3) is 0.304. The van der Waals surface area contributed by atoms with Crippen LogP contribution >= 0.6 is 0 Å². The number of allylic oxidation sites excluding steroid dienone is 2. The van der Waals surface area contributed by atoms with E-state index < -0.39 is 0 Å². The van der Waals surface area contributed by atoms with Crippen LogP contribution in [-0.2, 0) is 27.1 Å². The summed E-state index contributed by atoms with van der Waals surface area (Å²) in [5, 5.41) is 4.49. The van der Waals surface area contributed by atoms with Crippen molar-refractivity contribution in [2.75, 3.05) is 9.80 Å². The van der Waals surface area contributed by atoms with Crippen molar-refractivity contribution >= 4 is 74.5 Å². The van der Waals surface area contributed by atoms with Gasteiger partial charge in [0.25, 0.3) is 0 Å². The number of aromatic amines is 1. The molecule has 0 fully saturated rings. The molecule has 5 heteroatoms. The minimum absolute atomic E-state index is 0.00223. The van der Waals surface area contributed by atoms with Gasteiger partial charge in [-0.3, -0.25) is 0 Å². The van der Waals surface area contributed by atoms with E-state index in [0.717, 1.165) is 45.0 Å². The van der Waals surface area contributed by atoms with Crippen molar-refractivity contribution in [2.24, 2.45) is 0 Å². The van der Waals surface area contributed by atoms with E-state index in [9.17, 15) is 0 Å². The first-order valence-electron chi connectivity index (χ1n) is 27.0. The molecule has 1 unspecified atom stereocenters. The van der Waals surface area contributed by atoms with E-state index in [0.29, 0.717) is 0 Å². The minimum atomic E-state index is -0.282. The molecule has 74 heavy (non-hydrogen) atoms. The molecule has 12 rings (SSSR count). The summed E-state index contributed by atoms with van der Waals surface area (Å²) in [5.74, 6) is 0. The average molecular weight is 969 g/mol. The number of hydrogen-bond acceptors (Lipinski definition) is 2. The molecule has 1 atom stereocenters. The summed E-state index contributed by atoms with van der Waals surface area (Å²) in [6.45, 7) is 42.4. The molecule has 0 spiro atoms. The zero-order valence-electron chi connectivity index (χ0n) is 46.4. The van der Waals surface area contributed by atoms with Gasteiger partial charge in [-0.1, -0.05) is 195 Å². The maximum absolute atomic E-state index is 4.74. The maximum atomic E-state index is 4.74. The standard InChI is InChI=1S/C69H73BN4/c1-17-56(60-41(2)71-55-25-21-19-23-50(55)60)73-57-38-44(67(9,10)11)30-35-53(57)70-54-37-45(68(12,13)14)36-51-61-49-22-18-20-24-52(49)69(15,16)64(61)74(63(51)54)59-40-48(39-58(73)62(59)70)72(46-31-26-42(27-32-46)65(3,4)5)47-33-28-43(29-34-47)66(6,7)8/h17-38,40,58,71H,1-2,39H2,3-16H3/b60-56-. The highest BCUT2D eigenvalue weighted by atomic mass is 15.2. The van der Waals surface area contributed by atoms with Crippen molar-refractivity contribution < 1.29 is 0 Å². The van der Waals surface area contributed by atoms with Crippen LogP contribution < -0.4 is 31.3 Å². The fourth-order valence-electron chi connectivity index (χ4n) is 13.2. The quantitative estimate of drug-likeness (QED) is 0.174. The normalized spacial score (nSPS) is 17.3. The Balaban J connectivity index is 1.25. The van der Waals surface area contributed by atoms with Crippen molar-refractivity contribution in [1.82, 2.24) is 9.55 Å². The van der Waals surface area contributed by atoms with Crippen molar-refractivity contribution in [3.63, 3.8) is 0 Å². The molecule has 0 radical (unpaired) electrons. The predicted molar refractivity (Wildman–Crippen MR) is 320 cm³/mol. The van der Waals surface area contributed by atoms with Crippen molar-refractivity contribution in [3.05, 3.63) is 201 Å². The maximum Gasteiger partial charge on any atom is 0.247 e. The second-order valence-electron chi connectivity index (χ2n) is 26.5. The van der Waals surface area contributed by atoms with Gasteiger partial charge in [0.2, 0.25) is 6.71 Å². The molecule has 0 saturated heterocycles. The zero-order chi connectivity index (χ0) is 52.3. The van der Waals surface area contributed by atoms with Gasteiger partial charge in [-0.2, -0.15) is 0 Å². The highest BCUT2D eigenvalue weighted by Gasteiger charge is 2.52. The lowest BCUT2D eigenvalue weighted by molar-refractivity contribution is 0.589. The molecule has 4 nitrogen and oxygen atoms in total. The Morgan fingerprint density at radius 2 is 1.24 bits per heavy atom. The molecule has 372 valence electrons. The number of para-hydroxylation sites is 1. The van der Waals surface area contributed by atoms with Gasteiger partial charge in [0.1, 0.15) is 0 Å². The highest BCUT2D eigenvalue weighted by molar-refractivity contribution is 6.95. The first-order valence-corrected chi connectivity index (χ1v) is 27.0. The number of aromatic nitrogens is 2. The largest absolute Gasteiger partial charge is 0.355 e. The Labute approximate surface area is 440 Å². The Bertz CT molecular complexity index is 3800. The Morgan fingerprint density at radius 3 is 1.85 bits per heavy atom. The SMILES string of the molecule is C=C/C(=c1\c(=C)[nH]c2ccccc12)N1c2cc(C(C)(C)C)ccc2B2C3=C(C=C(N(c4ccc(C(C)(C)C)cc4)c4ccc(C(C)(C)C)cc4)CC31)n1c3c(c4cc(C(C)(C)C)cc2c41)-c1ccccc1C3(C)C. The van der Waals surface area contributed by atoms with Crippen LogP contribution in [0.2, 0.25) is 0 Å². The fourth-order valence-corrected chi connectivity index (χ4v) is 13.2. The third-order valence-corrected chi connectivity index (χ3v) is 17.2. The van der Waals surface area contributed by atoms with Gasteiger partial charge < -0.3 is 19.4 Å². The highest BCUT2D eigenvalue weighted by Crippen LogP contribution is 2.57. The number of H-pyrrole nitrogens is 1. The summed E-state index contributed by atoms with van der Waals surface area (Å²) >= 11 is 0. The van der Waals surface area contributed by atoms with Crippen LogP contribution in [0.15, 0.2) is 157 Å². The molecule has 4 aliphatic rings. The van der Waals surface area contributed by atoms with Crippen molar-refractivity contribution in [2.45, 2.75) is 136 Å². The molecule has 2 aliphatic carbocycles. The van der Waals surface area contributed by atoms with E-state index in [2.05, 4.69) is 256 Å². The van der Waals surface area contributed by atoms with Gasteiger partial charge in [0, 0.05) is 83.9 Å². The summed E-state index contributed by atoms with van der Waals surface area (Å²) in [6.07, 6.45) is 5.46. The lowest BCUT2D eigenvalue weighted by Gasteiger charge is -2.50. The second-order valence-corrected chi connectivity index (χ2v) is 26.5. The molecule has 4 heterocycles. The number of benzene rings is 6. The van der Waals surface area contributed by atoms with Gasteiger partial charge in [0.05, 0.1) is 11.7 Å². The summed E-state index contributed by atoms with van der Waals surface area (Å²) in [7, 11) is 0. The van der Waals surface area contributed by atoms with Gasteiger partial charge in [-0.25, -0.2) is 0 Å². The minimum Gasteiger partial charge on any atom is -0.355 e. The van der Waals surface area contributed by atoms with Crippen LogP contribution in [0.3, 0.4) is 0 Å². The summed E-state index contributed by atoms with van der Waals surface area (Å²) < 4.78 is 2.76. The summed E-state index contributed by atoms with van der Waals surface area (Å²) in [5.41, 5.74) is 24.1. The van der Waals surface area contributed by atoms with Crippen molar-refractivity contribution in [1.29, 1.82) is 0 Å². The van der Waals surface area contributed by atoms with Gasteiger partial charge in [-0.05, 0) is 126 Å². The van der Waals surface area contributed by atoms with Crippen LogP contribution in [-0.4, -0.2) is 22.3 Å². The third-order valence-electron chi connectivity index (χ3n) is 17.2. The lowest BCUT2D eigenvalue weighted by Crippen LogP contribution is -2.61. The molecular weight excluding hydrogens is 896 g/mol. The molecule has 0 bridgehead atoms. The van der Waals surface area contributed by atoms with Crippen molar-refractivity contribution in [3.8, 4) is 11.1 Å². The molecule has 1 N–H and O–H groups in total. The molecule has 6 aromatic carbocycles. The Hall–Kier alpha value is -6.98. The Morgan fingerprint density at radius 1 is 0.662 bits per heavy atom. The van der Waals surface area contributed by atoms with E-state index in [1.807, 2.05) is 0 Å². The molecule has 8 aromatic rings. The van der Waals surface area contributed by atoms with Crippen LogP contribution in [0.5, 0.6) is 0 Å². The summed E-state index contributed by atoms with van der Waals surface area (Å²) in [6, 6.07) is 49.1. The predicted octanol–water partition coefficient (Wildman–Crippen LogP) is 14.7. The topological polar surface area (TPSA) is 27.2 Å². The van der Waals surface area contributed by atoms with Crippen LogP contribution in [0, 0.1) is 0 Å². The Kier molecular flexibility index (Phi) is 10.4. The van der Waals surface area contributed by atoms with Gasteiger partial charge in [-0.15, -0.1) is 0 Å². The van der Waals surface area contributed by atoms with Gasteiger partial charge >= 0.3 is 0 Å². The van der Waals surface area contributed by atoms with E-state index in [1.165, 1.54) is 89.0 Å². The second kappa shape index (κ2) is 16.0. The van der Waals surface area contributed by atoms with E-state index in [4.69, 9.17) is 13.2 Å².